The van der Waals surface area contributed by atoms with Gasteiger partial charge in [0.05, 0.1) is 12.1 Å². The van der Waals surface area contributed by atoms with Gasteiger partial charge >= 0.3 is 0 Å². The molecule has 0 unspecified atom stereocenters. The number of amides is 1. The lowest BCUT2D eigenvalue weighted by molar-refractivity contribution is -0.128. The van der Waals surface area contributed by atoms with E-state index in [9.17, 15) is 9.59 Å². The number of nitrogens with two attached hydrogens (primary N) is 2. The summed E-state index contributed by atoms with van der Waals surface area (Å²) >= 11 is 0. The van der Waals surface area contributed by atoms with E-state index in [0.29, 0.717) is 18.9 Å². The van der Waals surface area contributed by atoms with Crippen molar-refractivity contribution in [3.05, 3.63) is 0 Å². The van der Waals surface area contributed by atoms with Crippen LogP contribution >= 0.6 is 0 Å². The second-order valence-corrected chi connectivity index (χ2v) is 5.60. The highest BCUT2D eigenvalue weighted by atomic mass is 16.2. The fourth-order valence-electron chi connectivity index (χ4n) is 2.67. The first kappa shape index (κ1) is 16.1. The molecule has 1 aliphatic rings. The molecule has 110 valence electrons. The normalized spacial score (nSPS) is 19.7. The van der Waals surface area contributed by atoms with E-state index in [2.05, 4.69) is 5.32 Å². The fourth-order valence-corrected chi connectivity index (χ4v) is 2.67. The Morgan fingerprint density at radius 1 is 1.26 bits per heavy atom. The fraction of sp³-hybridized carbons (Fsp3) is 0.857. The van der Waals surface area contributed by atoms with Crippen LogP contribution in [0.4, 0.5) is 0 Å². The summed E-state index contributed by atoms with van der Waals surface area (Å²) < 4.78 is 0. The summed E-state index contributed by atoms with van der Waals surface area (Å²) in [5.41, 5.74) is 11.1. The Morgan fingerprint density at radius 2 is 1.89 bits per heavy atom. The predicted molar refractivity (Wildman–Crippen MR) is 75.5 cm³/mol. The molecule has 1 fully saturated rings. The van der Waals surface area contributed by atoms with E-state index in [1.54, 1.807) is 0 Å². The van der Waals surface area contributed by atoms with E-state index >= 15 is 0 Å². The molecule has 0 aromatic rings. The van der Waals surface area contributed by atoms with Crippen LogP contribution in [0.15, 0.2) is 0 Å². The number of carbonyl (C=O) groups is 2. The second-order valence-electron chi connectivity index (χ2n) is 5.60. The predicted octanol–water partition coefficient (Wildman–Crippen LogP) is 0.707. The molecule has 2 atom stereocenters. The largest absolute Gasteiger partial charge is 0.345 e. The van der Waals surface area contributed by atoms with Gasteiger partial charge in [0.2, 0.25) is 5.91 Å². The number of hydrogen-bond donors (Lipinski definition) is 3. The van der Waals surface area contributed by atoms with Crippen LogP contribution in [-0.2, 0) is 9.59 Å². The molecular formula is C14H27N3O2. The molecule has 19 heavy (non-hydrogen) atoms. The van der Waals surface area contributed by atoms with E-state index in [1.807, 2.05) is 0 Å². The lowest BCUT2D eigenvalue weighted by atomic mass is 9.84. The van der Waals surface area contributed by atoms with Gasteiger partial charge in [0.25, 0.3) is 0 Å². The number of ketones is 1. The van der Waals surface area contributed by atoms with Crippen LogP contribution in [0.3, 0.4) is 0 Å². The standard InChI is InChI=1S/C14H27N3O2/c1-10(18)13(9-11-5-3-2-4-6-11)17-14(19)12(16)7-8-15/h11-13H,2-9,15-16H2,1H3,(H,17,19)/t12-,13-/m0/s1. The SMILES string of the molecule is CC(=O)[C@H](CC1CCCCC1)NC(=O)[C@@H](N)CCN. The van der Waals surface area contributed by atoms with Gasteiger partial charge in [-0.1, -0.05) is 32.1 Å². The van der Waals surface area contributed by atoms with Crippen molar-refractivity contribution in [3.8, 4) is 0 Å². The first-order chi connectivity index (χ1) is 9.04. The molecule has 0 saturated heterocycles. The average molecular weight is 269 g/mol. The van der Waals surface area contributed by atoms with Gasteiger partial charge in [-0.25, -0.2) is 0 Å². The van der Waals surface area contributed by atoms with Gasteiger partial charge in [0.15, 0.2) is 5.78 Å². The van der Waals surface area contributed by atoms with Crippen molar-refractivity contribution in [1.29, 1.82) is 0 Å². The molecule has 1 amide bonds. The maximum atomic E-state index is 11.8. The Balaban J connectivity index is 2.47. The maximum absolute atomic E-state index is 11.8. The highest BCUT2D eigenvalue weighted by Gasteiger charge is 2.25. The molecule has 0 heterocycles. The molecule has 0 bridgehead atoms. The Labute approximate surface area is 115 Å². The minimum atomic E-state index is -0.613. The van der Waals surface area contributed by atoms with Gasteiger partial charge < -0.3 is 16.8 Å². The molecule has 0 spiro atoms. The molecule has 5 N–H and O–H groups in total. The van der Waals surface area contributed by atoms with Crippen LogP contribution < -0.4 is 16.8 Å². The van der Waals surface area contributed by atoms with Crippen LogP contribution in [0.2, 0.25) is 0 Å². The van der Waals surface area contributed by atoms with Crippen LogP contribution in [0, 0.1) is 5.92 Å². The zero-order chi connectivity index (χ0) is 14.3. The summed E-state index contributed by atoms with van der Waals surface area (Å²) in [4.78, 5) is 23.5. The number of carbonyl (C=O) groups excluding carboxylic acids is 2. The van der Waals surface area contributed by atoms with Crippen LogP contribution in [0.25, 0.3) is 0 Å². The molecule has 5 heteroatoms. The smallest absolute Gasteiger partial charge is 0.237 e. The number of nitrogens with one attached hydrogen (secondary N) is 1. The minimum Gasteiger partial charge on any atom is -0.345 e. The number of rotatable bonds is 7. The van der Waals surface area contributed by atoms with Crippen molar-refractivity contribution in [3.63, 3.8) is 0 Å². The molecule has 0 aromatic heterocycles. The first-order valence-corrected chi connectivity index (χ1v) is 7.31. The van der Waals surface area contributed by atoms with Gasteiger partial charge in [0.1, 0.15) is 0 Å². The quantitative estimate of drug-likeness (QED) is 0.634. The molecule has 1 rings (SSSR count). The highest BCUT2D eigenvalue weighted by molar-refractivity contribution is 5.89. The molecule has 5 nitrogen and oxygen atoms in total. The van der Waals surface area contributed by atoms with Crippen molar-refractivity contribution in [2.45, 2.75) is 64.0 Å². The summed E-state index contributed by atoms with van der Waals surface area (Å²) in [6, 6.07) is -1.00. The molecule has 1 aliphatic carbocycles. The zero-order valence-electron chi connectivity index (χ0n) is 11.9. The van der Waals surface area contributed by atoms with Gasteiger partial charge in [-0.3, -0.25) is 9.59 Å². The van der Waals surface area contributed by atoms with Gasteiger partial charge in [-0.15, -0.1) is 0 Å². The van der Waals surface area contributed by atoms with E-state index in [0.717, 1.165) is 19.3 Å². The van der Waals surface area contributed by atoms with Crippen molar-refractivity contribution in [1.82, 2.24) is 5.32 Å². The molecule has 0 aromatic carbocycles. The molecule has 0 radical (unpaired) electrons. The second kappa shape index (κ2) is 8.27. The maximum Gasteiger partial charge on any atom is 0.237 e. The van der Waals surface area contributed by atoms with Crippen molar-refractivity contribution in [2.75, 3.05) is 6.54 Å². The monoisotopic (exact) mass is 269 g/mol. The minimum absolute atomic E-state index is 0.0128. The third kappa shape index (κ3) is 5.70. The average Bonchev–Trinajstić information content (AvgIpc) is 2.39. The zero-order valence-corrected chi connectivity index (χ0v) is 11.9. The Kier molecular flexibility index (Phi) is 7.02. The van der Waals surface area contributed by atoms with Gasteiger partial charge in [0, 0.05) is 0 Å². The van der Waals surface area contributed by atoms with Gasteiger partial charge in [-0.2, -0.15) is 0 Å². The topological polar surface area (TPSA) is 98.2 Å². The van der Waals surface area contributed by atoms with Crippen LogP contribution in [0.5, 0.6) is 0 Å². The molecular weight excluding hydrogens is 242 g/mol. The lowest BCUT2D eigenvalue weighted by Gasteiger charge is -2.26. The van der Waals surface area contributed by atoms with Crippen molar-refractivity contribution >= 4 is 11.7 Å². The van der Waals surface area contributed by atoms with Crippen LogP contribution in [-0.4, -0.2) is 30.3 Å². The van der Waals surface area contributed by atoms with Crippen molar-refractivity contribution < 1.29 is 9.59 Å². The van der Waals surface area contributed by atoms with Gasteiger partial charge in [-0.05, 0) is 32.2 Å². The van der Waals surface area contributed by atoms with E-state index in [-0.39, 0.29) is 17.7 Å². The third-order valence-electron chi connectivity index (χ3n) is 3.92. The number of Topliss-reactive ketones (excluding diaryl/α,β-unsaturated/α-hetero) is 1. The lowest BCUT2D eigenvalue weighted by Crippen LogP contribution is -2.49. The summed E-state index contributed by atoms with van der Waals surface area (Å²) in [6.45, 7) is 1.91. The first-order valence-electron chi connectivity index (χ1n) is 7.31. The van der Waals surface area contributed by atoms with Crippen molar-refractivity contribution in [2.24, 2.45) is 17.4 Å². The Bertz CT molecular complexity index is 301. The summed E-state index contributed by atoms with van der Waals surface area (Å²) in [5, 5.41) is 2.78. The van der Waals surface area contributed by atoms with E-state index in [4.69, 9.17) is 11.5 Å². The Morgan fingerprint density at radius 3 is 2.42 bits per heavy atom. The summed E-state index contributed by atoms with van der Waals surface area (Å²) in [5.74, 6) is 0.300. The van der Waals surface area contributed by atoms with E-state index in [1.165, 1.54) is 26.2 Å². The summed E-state index contributed by atoms with van der Waals surface area (Å²) in [6.07, 6.45) is 7.26. The third-order valence-corrected chi connectivity index (χ3v) is 3.92. The van der Waals surface area contributed by atoms with E-state index < -0.39 is 6.04 Å². The highest BCUT2D eigenvalue weighted by Crippen LogP contribution is 2.27. The molecule has 0 aliphatic heterocycles. The number of hydrogen-bond acceptors (Lipinski definition) is 4. The Hall–Kier alpha value is -0.940. The van der Waals surface area contributed by atoms with Crippen LogP contribution in [0.1, 0.15) is 51.9 Å². The summed E-state index contributed by atoms with van der Waals surface area (Å²) in [7, 11) is 0. The molecule has 1 saturated carbocycles.